The molecule has 1 aliphatic rings. The summed E-state index contributed by atoms with van der Waals surface area (Å²) in [5.41, 5.74) is 5.56. The monoisotopic (exact) mass is 545 g/mol. The summed E-state index contributed by atoms with van der Waals surface area (Å²) >= 11 is 8.31. The van der Waals surface area contributed by atoms with Crippen molar-refractivity contribution >= 4 is 54.9 Å². The van der Waals surface area contributed by atoms with Crippen molar-refractivity contribution < 1.29 is 28.7 Å². The number of carbonyl (C=O) groups excluding carboxylic acids is 5. The third-order valence-corrected chi connectivity index (χ3v) is 6.01. The Morgan fingerprint density at radius 2 is 1.69 bits per heavy atom. The van der Waals surface area contributed by atoms with Gasteiger partial charge in [0.15, 0.2) is 0 Å². The first-order valence-electron chi connectivity index (χ1n) is 12.1. The highest BCUT2D eigenvalue weighted by Gasteiger charge is 2.31. The topological polar surface area (TPSA) is 169 Å². The number of nitrogens with two attached hydrogens (primary N) is 1. The summed E-state index contributed by atoms with van der Waals surface area (Å²) in [6, 6.07) is -2.93. The summed E-state index contributed by atoms with van der Waals surface area (Å²) in [6.07, 6.45) is 4.30. The molecule has 0 aromatic rings. The average molecular weight is 546 g/mol. The number of nitrogens with one attached hydrogen (secondary N) is 4. The summed E-state index contributed by atoms with van der Waals surface area (Å²) in [5, 5.41) is 10.4. The van der Waals surface area contributed by atoms with Gasteiger partial charge in [-0.3, -0.25) is 24.0 Å². The van der Waals surface area contributed by atoms with Crippen LogP contribution in [-0.2, 0) is 28.7 Å². The van der Waals surface area contributed by atoms with Gasteiger partial charge >= 0.3 is 5.97 Å². The first-order chi connectivity index (χ1) is 17.1. The molecule has 0 radical (unpaired) electrons. The fourth-order valence-electron chi connectivity index (χ4n) is 3.40. The second kappa shape index (κ2) is 17.2. The molecule has 36 heavy (non-hydrogen) atoms. The Bertz CT molecular complexity index is 795. The Kier molecular flexibility index (Phi) is 15.2. The number of ether oxygens (including phenoxy) is 1. The zero-order valence-corrected chi connectivity index (χ0v) is 22.6. The van der Waals surface area contributed by atoms with Gasteiger partial charge in [-0.2, -0.15) is 25.3 Å². The predicted octanol–water partition coefficient (Wildman–Crippen LogP) is -0.537. The van der Waals surface area contributed by atoms with E-state index in [2.05, 4.69) is 46.5 Å². The highest BCUT2D eigenvalue weighted by Crippen LogP contribution is 2.08. The van der Waals surface area contributed by atoms with Crippen molar-refractivity contribution in [1.29, 1.82) is 0 Å². The van der Waals surface area contributed by atoms with Gasteiger partial charge in [0.2, 0.25) is 23.6 Å². The molecule has 11 nitrogen and oxygen atoms in total. The van der Waals surface area contributed by atoms with Crippen LogP contribution in [0.25, 0.3) is 0 Å². The number of allylic oxidation sites excluding steroid dienone is 1. The van der Waals surface area contributed by atoms with E-state index >= 15 is 0 Å². The third-order valence-electron chi connectivity index (χ3n) is 5.38. The number of cyclic esters (lactones) is 1. The SMILES string of the molecule is CC(C)[C@H]1NC(=O)[C@@H](CS)NC(=O)[C@@H](CCCCN)NC(=O)C[C@@H](C=CCCS)OC(=O)CNC1=O. The van der Waals surface area contributed by atoms with Crippen LogP contribution in [0.1, 0.15) is 46.0 Å². The Labute approximate surface area is 223 Å². The Morgan fingerprint density at radius 3 is 2.31 bits per heavy atom. The zero-order valence-electron chi connectivity index (χ0n) is 20.8. The lowest BCUT2D eigenvalue weighted by atomic mass is 10.0. The van der Waals surface area contributed by atoms with E-state index in [-0.39, 0.29) is 18.1 Å². The predicted molar refractivity (Wildman–Crippen MR) is 143 cm³/mol. The third kappa shape index (κ3) is 11.7. The van der Waals surface area contributed by atoms with Gasteiger partial charge in [-0.1, -0.05) is 19.9 Å². The molecule has 1 fully saturated rings. The van der Waals surface area contributed by atoms with Crippen molar-refractivity contribution in [2.24, 2.45) is 11.7 Å². The number of hydrogen-bond donors (Lipinski definition) is 7. The molecule has 0 bridgehead atoms. The molecule has 4 amide bonds. The van der Waals surface area contributed by atoms with E-state index in [4.69, 9.17) is 10.5 Å². The first-order valence-corrected chi connectivity index (χ1v) is 13.3. The average Bonchev–Trinajstić information content (AvgIpc) is 2.82. The van der Waals surface area contributed by atoms with E-state index in [9.17, 15) is 24.0 Å². The van der Waals surface area contributed by atoms with E-state index in [0.29, 0.717) is 38.0 Å². The summed E-state index contributed by atoms with van der Waals surface area (Å²) in [7, 11) is 0. The van der Waals surface area contributed by atoms with Gasteiger partial charge in [-0.15, -0.1) is 0 Å². The van der Waals surface area contributed by atoms with Gasteiger partial charge in [-0.25, -0.2) is 0 Å². The van der Waals surface area contributed by atoms with Crippen molar-refractivity contribution in [3.63, 3.8) is 0 Å². The molecule has 204 valence electrons. The van der Waals surface area contributed by atoms with Crippen molar-refractivity contribution in [1.82, 2.24) is 21.3 Å². The van der Waals surface area contributed by atoms with Crippen molar-refractivity contribution in [3.05, 3.63) is 12.2 Å². The number of esters is 1. The van der Waals surface area contributed by atoms with Crippen molar-refractivity contribution in [2.75, 3.05) is 24.6 Å². The number of carbonyl (C=O) groups is 5. The van der Waals surface area contributed by atoms with Crippen LogP contribution in [0.2, 0.25) is 0 Å². The number of unbranched alkanes of at least 4 members (excludes halogenated alkanes) is 1. The number of amides is 4. The first kappa shape index (κ1) is 31.8. The van der Waals surface area contributed by atoms with Crippen LogP contribution in [0, 0.1) is 5.92 Å². The zero-order chi connectivity index (χ0) is 27.1. The Morgan fingerprint density at radius 1 is 1.00 bits per heavy atom. The molecule has 0 aliphatic carbocycles. The van der Waals surface area contributed by atoms with Crippen LogP contribution in [-0.4, -0.2) is 78.4 Å². The lowest BCUT2D eigenvalue weighted by Crippen LogP contribution is -2.58. The molecule has 0 spiro atoms. The van der Waals surface area contributed by atoms with Gasteiger partial charge in [0.25, 0.3) is 0 Å². The minimum Gasteiger partial charge on any atom is -0.456 e. The second-order valence-electron chi connectivity index (χ2n) is 8.77. The van der Waals surface area contributed by atoms with Crippen LogP contribution in [0.4, 0.5) is 0 Å². The lowest BCUT2D eigenvalue weighted by molar-refractivity contribution is -0.148. The van der Waals surface area contributed by atoms with Crippen molar-refractivity contribution in [3.8, 4) is 0 Å². The summed E-state index contributed by atoms with van der Waals surface area (Å²) < 4.78 is 5.39. The molecule has 1 aliphatic heterocycles. The maximum Gasteiger partial charge on any atom is 0.326 e. The molecule has 13 heteroatoms. The highest BCUT2D eigenvalue weighted by molar-refractivity contribution is 7.80. The van der Waals surface area contributed by atoms with Gasteiger partial charge in [-0.05, 0) is 50.0 Å². The molecule has 0 aromatic carbocycles. The van der Waals surface area contributed by atoms with Crippen LogP contribution in [0.3, 0.4) is 0 Å². The molecule has 4 atom stereocenters. The Balaban J connectivity index is 3.25. The minimum atomic E-state index is -1.04. The van der Waals surface area contributed by atoms with E-state index in [0.717, 1.165) is 0 Å². The lowest BCUT2D eigenvalue weighted by Gasteiger charge is -2.27. The smallest absolute Gasteiger partial charge is 0.326 e. The van der Waals surface area contributed by atoms with Gasteiger partial charge in [0.05, 0.1) is 6.42 Å². The van der Waals surface area contributed by atoms with Crippen LogP contribution < -0.4 is 27.0 Å². The fourth-order valence-corrected chi connectivity index (χ4v) is 3.81. The molecule has 1 saturated heterocycles. The fraction of sp³-hybridized carbons (Fsp3) is 0.696. The number of rotatable bonds is 9. The normalized spacial score (nSPS) is 25.2. The molecule has 6 N–H and O–H groups in total. The van der Waals surface area contributed by atoms with E-state index in [1.165, 1.54) is 0 Å². The molecular formula is C23H39N5O6S2. The summed E-state index contributed by atoms with van der Waals surface area (Å²) in [6.45, 7) is 3.46. The highest BCUT2D eigenvalue weighted by atomic mass is 32.1. The standard InChI is InChI=1S/C23H39N5O6S2/c1-14(2)20-23(33)25-12-19(30)34-15(7-4-6-10-35)11-18(29)26-16(8-3-5-9-24)21(31)27-17(13-36)22(32)28-20/h4,7,14-17,20,35-36H,3,5-6,8-13,24H2,1-2H3,(H,25,33)(H,26,29)(H,27,31)(H,28,32)/t15-,16-,17-,20-/m1/s1. The molecule has 0 unspecified atom stereocenters. The molecule has 0 saturated carbocycles. The van der Waals surface area contributed by atoms with E-state index in [1.54, 1.807) is 26.0 Å². The van der Waals surface area contributed by atoms with Crippen LogP contribution in [0.5, 0.6) is 0 Å². The second-order valence-corrected chi connectivity index (χ2v) is 9.58. The molecule has 0 aromatic heterocycles. The van der Waals surface area contributed by atoms with E-state index < -0.39 is 60.4 Å². The van der Waals surface area contributed by atoms with E-state index in [1.807, 2.05) is 0 Å². The molecule has 1 rings (SSSR count). The van der Waals surface area contributed by atoms with Gasteiger partial charge in [0, 0.05) is 5.75 Å². The molecule has 1 heterocycles. The summed E-state index contributed by atoms with van der Waals surface area (Å²) in [5.74, 6) is -2.78. The molecular weight excluding hydrogens is 506 g/mol. The maximum absolute atomic E-state index is 13.0. The van der Waals surface area contributed by atoms with Crippen LogP contribution >= 0.6 is 25.3 Å². The Hall–Kier alpha value is -2.25. The maximum atomic E-state index is 13.0. The van der Waals surface area contributed by atoms with Crippen LogP contribution in [0.15, 0.2) is 12.2 Å². The summed E-state index contributed by atoms with van der Waals surface area (Å²) in [4.78, 5) is 63.8. The quantitative estimate of drug-likeness (QED) is 0.0884. The van der Waals surface area contributed by atoms with Crippen molar-refractivity contribution in [2.45, 2.75) is 70.2 Å². The number of thiol groups is 2. The number of hydrogen-bond acceptors (Lipinski definition) is 9. The minimum absolute atomic E-state index is 0.0299. The largest absolute Gasteiger partial charge is 0.456 e. The van der Waals surface area contributed by atoms with Gasteiger partial charge in [0.1, 0.15) is 30.8 Å². The van der Waals surface area contributed by atoms with Gasteiger partial charge < -0.3 is 31.7 Å².